The van der Waals surface area contributed by atoms with E-state index in [1.54, 1.807) is 19.1 Å². The molecule has 0 saturated carbocycles. The number of rotatable bonds is 13. The van der Waals surface area contributed by atoms with Gasteiger partial charge in [-0.2, -0.15) is 0 Å². The molecule has 4 rings (SSSR count). The fraction of sp³-hybridized carbons (Fsp3) is 0.273. The smallest absolute Gasteiger partial charge is 0.411 e. The second-order valence-corrected chi connectivity index (χ2v) is 10.9. The number of ether oxygens (including phenoxy) is 3. The average Bonchev–Trinajstić information content (AvgIpc) is 3.00. The number of nitrogens with one attached hydrogen (secondary N) is 3. The van der Waals surface area contributed by atoms with Crippen molar-refractivity contribution in [2.45, 2.75) is 39.5 Å². The van der Waals surface area contributed by atoms with Crippen molar-refractivity contribution in [2.75, 3.05) is 30.5 Å². The first kappa shape index (κ1) is 35.3. The lowest BCUT2D eigenvalue weighted by molar-refractivity contribution is -0.697. The van der Waals surface area contributed by atoms with E-state index in [1.807, 2.05) is 77.6 Å². The Balaban J connectivity index is 0.00000552. The van der Waals surface area contributed by atoms with Crippen LogP contribution in [0.25, 0.3) is 10.8 Å². The highest BCUT2D eigenvalue weighted by Crippen LogP contribution is 2.23. The van der Waals surface area contributed by atoms with E-state index < -0.39 is 18.4 Å². The van der Waals surface area contributed by atoms with E-state index >= 15 is 0 Å². The van der Waals surface area contributed by atoms with Crippen LogP contribution in [0.5, 0.6) is 0 Å². The first-order valence-corrected chi connectivity index (χ1v) is 15.2. The minimum absolute atomic E-state index is 0. The molecule has 0 fully saturated rings. The highest BCUT2D eigenvalue weighted by atomic mass is 79.9. The number of halogens is 2. The predicted molar refractivity (Wildman–Crippen MR) is 172 cm³/mol. The number of alkyl carbamates (subject to hydrolysis) is 1. The van der Waals surface area contributed by atoms with Gasteiger partial charge in [-0.1, -0.05) is 55.5 Å². The number of hydrogen-bond acceptors (Lipinski definition) is 6. The van der Waals surface area contributed by atoms with Crippen LogP contribution in [0, 0.1) is 0 Å². The Morgan fingerprint density at radius 2 is 1.60 bits per heavy atom. The Morgan fingerprint density at radius 3 is 2.38 bits per heavy atom. The van der Waals surface area contributed by atoms with Gasteiger partial charge in [0.1, 0.15) is 24.9 Å². The fourth-order valence-electron chi connectivity index (χ4n) is 4.42. The van der Waals surface area contributed by atoms with Gasteiger partial charge in [0.15, 0.2) is 12.4 Å². The Labute approximate surface area is 277 Å². The molecule has 1 aromatic heterocycles. The predicted octanol–water partition coefficient (Wildman–Crippen LogP) is 3.44. The summed E-state index contributed by atoms with van der Waals surface area (Å²) in [5.74, 6) is -0.198. The molecule has 1 atom stereocenters. The normalized spacial score (nSPS) is 11.2. The summed E-state index contributed by atoms with van der Waals surface area (Å²) in [4.78, 5) is 37.0. The Hall–Kier alpha value is -4.19. The number of amides is 3. The molecule has 3 N–H and O–H groups in total. The van der Waals surface area contributed by atoms with Gasteiger partial charge in [-0.05, 0) is 58.1 Å². The monoisotopic (exact) mass is 698 g/mol. The van der Waals surface area contributed by atoms with Crippen LogP contribution in [0.3, 0.4) is 0 Å². The quantitative estimate of drug-likeness (QED) is 0.112. The first-order valence-electron chi connectivity index (χ1n) is 14.4. The molecule has 12 heteroatoms. The van der Waals surface area contributed by atoms with E-state index in [4.69, 9.17) is 14.2 Å². The number of pyridine rings is 1. The lowest BCUT2D eigenvalue weighted by atomic mass is 10.1. The second-order valence-electron chi connectivity index (χ2n) is 9.96. The SMILES string of the molecule is CCC[n+]1cc(Br)cc(C(=O)Nc2ccc(CCOC(=O)NC(C)OCCOC(=O)Nc3cccc4ccccc34)cc2)c1.[Cl-]. The summed E-state index contributed by atoms with van der Waals surface area (Å²) in [6, 6.07) is 22.5. The number of hydrogen-bond donors (Lipinski definition) is 3. The van der Waals surface area contributed by atoms with Crippen molar-refractivity contribution in [1.29, 1.82) is 0 Å². The number of fused-ring (bicyclic) bond motifs is 1. The third-order valence-corrected chi connectivity index (χ3v) is 6.93. The largest absolute Gasteiger partial charge is 1.00 e. The van der Waals surface area contributed by atoms with Gasteiger partial charge in [-0.15, -0.1) is 0 Å². The maximum atomic E-state index is 12.7. The number of aromatic nitrogens is 1. The van der Waals surface area contributed by atoms with Gasteiger partial charge in [-0.25, -0.2) is 14.2 Å². The Bertz CT molecular complexity index is 1580. The van der Waals surface area contributed by atoms with Gasteiger partial charge >= 0.3 is 12.2 Å². The van der Waals surface area contributed by atoms with Crippen molar-refractivity contribution in [1.82, 2.24) is 5.32 Å². The van der Waals surface area contributed by atoms with Crippen LogP contribution in [0.2, 0.25) is 0 Å². The topological polar surface area (TPSA) is 119 Å². The molecule has 0 radical (unpaired) electrons. The number of aryl methyl sites for hydroxylation is 1. The molecule has 0 spiro atoms. The molecule has 0 saturated heterocycles. The van der Waals surface area contributed by atoms with Crippen LogP contribution >= 0.6 is 15.9 Å². The molecule has 0 aliphatic carbocycles. The zero-order valence-electron chi connectivity index (χ0n) is 25.1. The fourth-order valence-corrected chi connectivity index (χ4v) is 4.93. The van der Waals surface area contributed by atoms with E-state index in [2.05, 4.69) is 38.8 Å². The number of nitrogens with zero attached hydrogens (tertiary/aromatic N) is 1. The summed E-state index contributed by atoms with van der Waals surface area (Å²) in [7, 11) is 0. The lowest BCUT2D eigenvalue weighted by Gasteiger charge is -2.15. The summed E-state index contributed by atoms with van der Waals surface area (Å²) in [5.41, 5.74) is 2.83. The van der Waals surface area contributed by atoms with Crippen LogP contribution in [-0.4, -0.2) is 44.1 Å². The molecule has 3 aromatic carbocycles. The molecule has 0 bridgehead atoms. The van der Waals surface area contributed by atoms with E-state index in [9.17, 15) is 14.4 Å². The maximum absolute atomic E-state index is 12.7. The number of anilines is 2. The molecule has 238 valence electrons. The number of benzene rings is 3. The minimum Gasteiger partial charge on any atom is -1.00 e. The van der Waals surface area contributed by atoms with Gasteiger partial charge in [0.2, 0.25) is 0 Å². The van der Waals surface area contributed by atoms with Crippen molar-refractivity contribution >= 4 is 56.2 Å². The summed E-state index contributed by atoms with van der Waals surface area (Å²) in [6.45, 7) is 4.82. The van der Waals surface area contributed by atoms with Crippen LogP contribution in [-0.2, 0) is 27.2 Å². The van der Waals surface area contributed by atoms with E-state index in [0.29, 0.717) is 23.4 Å². The summed E-state index contributed by atoms with van der Waals surface area (Å²) >= 11 is 3.46. The van der Waals surface area contributed by atoms with Gasteiger partial charge in [0.05, 0.1) is 23.4 Å². The standard InChI is InChI=1S/C33H35BrN4O6.ClH/c1-3-16-38-21-26(20-27(34)22-38)31(39)36-28-13-11-24(12-14-28)15-17-43-32(40)35-23(2)42-18-19-44-33(41)37-30-10-6-8-25-7-4-5-9-29(25)30;/h4-14,20-23H,3,15-19H2,1-2H3,(H2-,35,36,37,39,40,41);1H. The highest BCUT2D eigenvalue weighted by molar-refractivity contribution is 9.10. The Morgan fingerprint density at radius 1 is 0.867 bits per heavy atom. The molecule has 1 unspecified atom stereocenters. The molecule has 1 heterocycles. The van der Waals surface area contributed by atoms with Gasteiger partial charge in [0.25, 0.3) is 5.91 Å². The van der Waals surface area contributed by atoms with Crippen molar-refractivity contribution in [3.63, 3.8) is 0 Å². The summed E-state index contributed by atoms with van der Waals surface area (Å²) in [6.07, 6.45) is 3.38. The summed E-state index contributed by atoms with van der Waals surface area (Å²) in [5, 5.41) is 10.2. The molecule has 0 aliphatic rings. The van der Waals surface area contributed by atoms with Crippen molar-refractivity contribution in [3.05, 3.63) is 101 Å². The van der Waals surface area contributed by atoms with Crippen LogP contribution in [0.15, 0.2) is 89.7 Å². The molecular formula is C33H36BrClN4O6. The summed E-state index contributed by atoms with van der Waals surface area (Å²) < 4.78 is 18.8. The number of carbonyl (C=O) groups excluding carboxylic acids is 3. The van der Waals surface area contributed by atoms with E-state index in [1.165, 1.54) is 0 Å². The zero-order valence-corrected chi connectivity index (χ0v) is 27.4. The number of carbonyl (C=O) groups is 3. The molecule has 0 aliphatic heterocycles. The van der Waals surface area contributed by atoms with Crippen LogP contribution in [0.4, 0.5) is 21.0 Å². The molecule has 10 nitrogen and oxygen atoms in total. The molecule has 4 aromatic rings. The van der Waals surface area contributed by atoms with Crippen molar-refractivity contribution in [2.24, 2.45) is 0 Å². The second kappa shape index (κ2) is 17.9. The molecular weight excluding hydrogens is 664 g/mol. The zero-order chi connectivity index (χ0) is 31.3. The molecule has 3 amide bonds. The highest BCUT2D eigenvalue weighted by Gasteiger charge is 2.14. The third kappa shape index (κ3) is 11.4. The van der Waals surface area contributed by atoms with Crippen molar-refractivity contribution in [3.8, 4) is 0 Å². The average molecular weight is 700 g/mol. The Kier molecular flexibility index (Phi) is 14.1. The van der Waals surface area contributed by atoms with Crippen molar-refractivity contribution < 1.29 is 45.6 Å². The van der Waals surface area contributed by atoms with Gasteiger partial charge < -0.3 is 31.9 Å². The maximum Gasteiger partial charge on any atom is 0.411 e. The first-order chi connectivity index (χ1) is 21.3. The molecule has 45 heavy (non-hydrogen) atoms. The van der Waals surface area contributed by atoms with Crippen LogP contribution in [0.1, 0.15) is 36.2 Å². The van der Waals surface area contributed by atoms with Crippen LogP contribution < -0.4 is 32.9 Å². The lowest BCUT2D eigenvalue weighted by Crippen LogP contribution is -3.00. The minimum atomic E-state index is -0.642. The van der Waals surface area contributed by atoms with E-state index in [0.717, 1.165) is 33.8 Å². The van der Waals surface area contributed by atoms with Gasteiger partial charge in [-0.3, -0.25) is 15.4 Å². The van der Waals surface area contributed by atoms with Gasteiger partial charge in [0, 0.05) is 23.9 Å². The van der Waals surface area contributed by atoms with E-state index in [-0.39, 0.29) is 38.1 Å². The third-order valence-electron chi connectivity index (χ3n) is 6.50.